The molecule has 0 fully saturated rings. The SMILES string of the molecule is CCCNC1=CC=C(C)CC=C1. The molecule has 12 heavy (non-hydrogen) atoms. The maximum absolute atomic E-state index is 3.36. The van der Waals surface area contributed by atoms with Gasteiger partial charge in [0.15, 0.2) is 0 Å². The first-order chi connectivity index (χ1) is 5.83. The van der Waals surface area contributed by atoms with E-state index >= 15 is 0 Å². The molecule has 0 atom stereocenters. The lowest BCUT2D eigenvalue weighted by atomic mass is 10.2. The van der Waals surface area contributed by atoms with Crippen LogP contribution < -0.4 is 5.32 Å². The van der Waals surface area contributed by atoms with Crippen molar-refractivity contribution in [3.63, 3.8) is 0 Å². The monoisotopic (exact) mass is 163 g/mol. The summed E-state index contributed by atoms with van der Waals surface area (Å²) in [5.41, 5.74) is 2.65. The molecule has 0 aliphatic heterocycles. The first kappa shape index (κ1) is 9.11. The molecule has 66 valence electrons. The molecule has 0 saturated heterocycles. The fraction of sp³-hybridized carbons (Fsp3) is 0.455. The van der Waals surface area contributed by atoms with Crippen LogP contribution in [0.1, 0.15) is 26.7 Å². The molecule has 1 N–H and O–H groups in total. The van der Waals surface area contributed by atoms with E-state index in [2.05, 4.69) is 43.5 Å². The first-order valence-electron chi connectivity index (χ1n) is 4.61. The van der Waals surface area contributed by atoms with E-state index in [0.29, 0.717) is 0 Å². The van der Waals surface area contributed by atoms with Crippen molar-refractivity contribution < 1.29 is 0 Å². The number of nitrogens with one attached hydrogen (secondary N) is 1. The summed E-state index contributed by atoms with van der Waals surface area (Å²) >= 11 is 0. The normalized spacial score (nSPS) is 16.5. The molecule has 0 saturated carbocycles. The first-order valence-corrected chi connectivity index (χ1v) is 4.61. The van der Waals surface area contributed by atoms with E-state index < -0.39 is 0 Å². The number of allylic oxidation sites excluding steroid dienone is 5. The molecule has 0 spiro atoms. The van der Waals surface area contributed by atoms with Gasteiger partial charge < -0.3 is 5.32 Å². The Hall–Kier alpha value is -0.980. The predicted molar refractivity (Wildman–Crippen MR) is 53.9 cm³/mol. The summed E-state index contributed by atoms with van der Waals surface area (Å²) in [5, 5.41) is 3.36. The summed E-state index contributed by atoms with van der Waals surface area (Å²) in [5.74, 6) is 0. The van der Waals surface area contributed by atoms with Crippen LogP contribution in [0.15, 0.2) is 35.6 Å². The van der Waals surface area contributed by atoms with Crippen molar-refractivity contribution in [2.75, 3.05) is 6.54 Å². The third-order valence-corrected chi connectivity index (χ3v) is 1.86. The fourth-order valence-corrected chi connectivity index (χ4v) is 1.11. The highest BCUT2D eigenvalue weighted by Crippen LogP contribution is 2.08. The molecule has 0 aromatic heterocycles. The Kier molecular flexibility index (Phi) is 3.65. The van der Waals surface area contributed by atoms with E-state index in [1.807, 2.05) is 0 Å². The van der Waals surface area contributed by atoms with Crippen LogP contribution in [0.4, 0.5) is 0 Å². The van der Waals surface area contributed by atoms with Crippen molar-refractivity contribution in [3.8, 4) is 0 Å². The highest BCUT2D eigenvalue weighted by atomic mass is 14.9. The molecule has 1 aliphatic rings. The minimum absolute atomic E-state index is 1.06. The second kappa shape index (κ2) is 4.81. The Morgan fingerprint density at radius 2 is 2.25 bits per heavy atom. The molecule has 0 aromatic rings. The van der Waals surface area contributed by atoms with Crippen LogP contribution in [0.5, 0.6) is 0 Å². The molecule has 0 radical (unpaired) electrons. The standard InChI is InChI=1S/C11H17N/c1-3-9-12-11-6-4-5-10(2)7-8-11/h4,6-8,12H,3,5,9H2,1-2H3. The van der Waals surface area contributed by atoms with E-state index in [-0.39, 0.29) is 0 Å². The average Bonchev–Trinajstić information content (AvgIpc) is 2.27. The zero-order chi connectivity index (χ0) is 8.81. The molecule has 0 heterocycles. The zero-order valence-corrected chi connectivity index (χ0v) is 7.93. The van der Waals surface area contributed by atoms with Gasteiger partial charge in [0.1, 0.15) is 0 Å². The molecule has 0 aromatic carbocycles. The number of hydrogen-bond acceptors (Lipinski definition) is 1. The van der Waals surface area contributed by atoms with Gasteiger partial charge in [0, 0.05) is 12.2 Å². The van der Waals surface area contributed by atoms with Crippen LogP contribution in [0.25, 0.3) is 0 Å². The minimum atomic E-state index is 1.06. The van der Waals surface area contributed by atoms with Gasteiger partial charge in [-0.25, -0.2) is 0 Å². The van der Waals surface area contributed by atoms with Crippen molar-refractivity contribution in [2.24, 2.45) is 0 Å². The summed E-state index contributed by atoms with van der Waals surface area (Å²) in [6.45, 7) is 5.39. The fourth-order valence-electron chi connectivity index (χ4n) is 1.11. The third-order valence-electron chi connectivity index (χ3n) is 1.86. The van der Waals surface area contributed by atoms with Gasteiger partial charge in [0.05, 0.1) is 0 Å². The van der Waals surface area contributed by atoms with Crippen LogP contribution in [-0.2, 0) is 0 Å². The summed E-state index contributed by atoms with van der Waals surface area (Å²) < 4.78 is 0. The van der Waals surface area contributed by atoms with E-state index in [4.69, 9.17) is 0 Å². The zero-order valence-electron chi connectivity index (χ0n) is 7.93. The molecular formula is C11H17N. The van der Waals surface area contributed by atoms with Gasteiger partial charge in [0.25, 0.3) is 0 Å². The van der Waals surface area contributed by atoms with E-state index in [9.17, 15) is 0 Å². The van der Waals surface area contributed by atoms with Crippen molar-refractivity contribution in [1.29, 1.82) is 0 Å². The lowest BCUT2D eigenvalue weighted by Crippen LogP contribution is -2.11. The summed E-state index contributed by atoms with van der Waals surface area (Å²) in [6.07, 6.45) is 10.9. The Morgan fingerprint density at radius 3 is 3.00 bits per heavy atom. The highest BCUT2D eigenvalue weighted by molar-refractivity contribution is 5.28. The van der Waals surface area contributed by atoms with E-state index in [0.717, 1.165) is 13.0 Å². The predicted octanol–water partition coefficient (Wildman–Crippen LogP) is 2.78. The van der Waals surface area contributed by atoms with Crippen LogP contribution in [-0.4, -0.2) is 6.54 Å². The Bertz CT molecular complexity index is 221. The van der Waals surface area contributed by atoms with Gasteiger partial charge >= 0.3 is 0 Å². The quantitative estimate of drug-likeness (QED) is 0.674. The van der Waals surface area contributed by atoms with Gasteiger partial charge in [-0.05, 0) is 31.9 Å². The van der Waals surface area contributed by atoms with Gasteiger partial charge in [-0.3, -0.25) is 0 Å². The van der Waals surface area contributed by atoms with Crippen LogP contribution >= 0.6 is 0 Å². The minimum Gasteiger partial charge on any atom is -0.385 e. The lowest BCUT2D eigenvalue weighted by Gasteiger charge is -2.02. The van der Waals surface area contributed by atoms with E-state index in [1.165, 1.54) is 17.7 Å². The molecule has 1 rings (SSSR count). The molecule has 1 aliphatic carbocycles. The number of rotatable bonds is 3. The lowest BCUT2D eigenvalue weighted by molar-refractivity contribution is 0.784. The van der Waals surface area contributed by atoms with Crippen molar-refractivity contribution in [1.82, 2.24) is 5.32 Å². The van der Waals surface area contributed by atoms with Gasteiger partial charge in [-0.15, -0.1) is 0 Å². The largest absolute Gasteiger partial charge is 0.385 e. The van der Waals surface area contributed by atoms with Gasteiger partial charge in [-0.1, -0.05) is 24.6 Å². The number of hydrogen-bond donors (Lipinski definition) is 1. The summed E-state index contributed by atoms with van der Waals surface area (Å²) in [7, 11) is 0. The third kappa shape index (κ3) is 2.95. The Labute approximate surface area is 74.9 Å². The van der Waals surface area contributed by atoms with Crippen LogP contribution in [0.3, 0.4) is 0 Å². The maximum atomic E-state index is 3.36. The topological polar surface area (TPSA) is 12.0 Å². The Morgan fingerprint density at radius 1 is 1.42 bits per heavy atom. The van der Waals surface area contributed by atoms with Crippen molar-refractivity contribution >= 4 is 0 Å². The van der Waals surface area contributed by atoms with Gasteiger partial charge in [-0.2, -0.15) is 0 Å². The summed E-state index contributed by atoms with van der Waals surface area (Å²) in [4.78, 5) is 0. The average molecular weight is 163 g/mol. The van der Waals surface area contributed by atoms with Crippen LogP contribution in [0.2, 0.25) is 0 Å². The van der Waals surface area contributed by atoms with Crippen molar-refractivity contribution in [3.05, 3.63) is 35.6 Å². The second-order valence-electron chi connectivity index (χ2n) is 3.17. The molecule has 0 bridgehead atoms. The molecule has 1 nitrogen and oxygen atoms in total. The molecule has 1 heteroatoms. The molecular weight excluding hydrogens is 146 g/mol. The maximum Gasteiger partial charge on any atom is 0.0337 e. The Balaban J connectivity index is 2.52. The second-order valence-corrected chi connectivity index (χ2v) is 3.17. The van der Waals surface area contributed by atoms with Crippen molar-refractivity contribution in [2.45, 2.75) is 26.7 Å². The molecule has 0 unspecified atom stereocenters. The smallest absolute Gasteiger partial charge is 0.0337 e. The molecule has 0 amide bonds. The highest BCUT2D eigenvalue weighted by Gasteiger charge is 1.93. The van der Waals surface area contributed by atoms with Crippen LogP contribution in [0, 0.1) is 0 Å². The van der Waals surface area contributed by atoms with E-state index in [1.54, 1.807) is 0 Å². The van der Waals surface area contributed by atoms with Gasteiger partial charge in [0.2, 0.25) is 0 Å². The summed E-state index contributed by atoms with van der Waals surface area (Å²) in [6, 6.07) is 0.